The highest BCUT2D eigenvalue weighted by molar-refractivity contribution is 5.88. The minimum absolute atomic E-state index is 0.380. The maximum absolute atomic E-state index is 11.8. The number of fused-ring (bicyclic) bond motifs is 2. The number of phenolic OH excluding ortho intramolecular Hbond substituents is 2. The van der Waals surface area contributed by atoms with E-state index >= 15 is 0 Å². The van der Waals surface area contributed by atoms with Crippen LogP contribution >= 0.6 is 0 Å². The molecule has 0 amide bonds. The van der Waals surface area contributed by atoms with Gasteiger partial charge in [-0.3, -0.25) is 0 Å². The van der Waals surface area contributed by atoms with Crippen molar-refractivity contribution in [3.05, 3.63) is 57.7 Å². The molecule has 0 radical (unpaired) electrons. The summed E-state index contributed by atoms with van der Waals surface area (Å²) in [5.41, 5.74) is 9.04. The van der Waals surface area contributed by atoms with Gasteiger partial charge in [-0.2, -0.15) is 0 Å². The normalized spacial score (nSPS) is 21.0. The van der Waals surface area contributed by atoms with Crippen LogP contribution in [0.3, 0.4) is 0 Å². The Labute approximate surface area is 217 Å². The smallest absolute Gasteiger partial charge is 0.131 e. The minimum atomic E-state index is 0.380. The predicted molar refractivity (Wildman–Crippen MR) is 150 cm³/mol. The van der Waals surface area contributed by atoms with Gasteiger partial charge in [0.15, 0.2) is 0 Å². The summed E-state index contributed by atoms with van der Waals surface area (Å²) in [4.78, 5) is 0. The van der Waals surface area contributed by atoms with Crippen molar-refractivity contribution < 1.29 is 10.2 Å². The Morgan fingerprint density at radius 3 is 1.33 bits per heavy atom. The molecule has 2 heteroatoms. The van der Waals surface area contributed by atoms with Gasteiger partial charge in [0.05, 0.1) is 0 Å². The van der Waals surface area contributed by atoms with Gasteiger partial charge in [0.1, 0.15) is 11.5 Å². The topological polar surface area (TPSA) is 40.5 Å². The van der Waals surface area contributed by atoms with Crippen molar-refractivity contribution in [2.75, 3.05) is 0 Å². The molecule has 0 heterocycles. The van der Waals surface area contributed by atoms with E-state index in [1.165, 1.54) is 86.5 Å². The molecule has 0 saturated heterocycles. The number of aryl methyl sites for hydroxylation is 2. The maximum atomic E-state index is 11.8. The van der Waals surface area contributed by atoms with E-state index in [0.717, 1.165) is 60.8 Å². The van der Waals surface area contributed by atoms with Gasteiger partial charge in [-0.25, -0.2) is 0 Å². The second-order valence-corrected chi connectivity index (χ2v) is 11.9. The predicted octanol–water partition coefficient (Wildman–Crippen LogP) is 8.93. The first-order valence-electron chi connectivity index (χ1n) is 14.8. The molecule has 6 rings (SSSR count). The number of hydrogen-bond donors (Lipinski definition) is 2. The van der Waals surface area contributed by atoms with Crippen molar-refractivity contribution in [1.82, 2.24) is 0 Å². The van der Waals surface area contributed by atoms with Gasteiger partial charge in [0, 0.05) is 22.3 Å². The van der Waals surface area contributed by atoms with Gasteiger partial charge in [-0.15, -0.1) is 0 Å². The van der Waals surface area contributed by atoms with Crippen LogP contribution in [-0.4, -0.2) is 10.2 Å². The molecule has 2 fully saturated rings. The van der Waals surface area contributed by atoms with Gasteiger partial charge < -0.3 is 10.2 Å². The molecule has 0 aromatic heterocycles. The van der Waals surface area contributed by atoms with Crippen LogP contribution in [0.15, 0.2) is 24.3 Å². The lowest BCUT2D eigenvalue weighted by atomic mass is 9.78. The third-order valence-electron chi connectivity index (χ3n) is 9.45. The zero-order valence-electron chi connectivity index (χ0n) is 21.8. The van der Waals surface area contributed by atoms with Crippen LogP contribution in [0.25, 0.3) is 23.3 Å². The molecule has 0 atom stereocenters. The van der Waals surface area contributed by atoms with Gasteiger partial charge >= 0.3 is 0 Å². The lowest BCUT2D eigenvalue weighted by molar-refractivity contribution is 0.465. The lowest BCUT2D eigenvalue weighted by Gasteiger charge is -2.27. The monoisotopic (exact) mass is 482 g/mol. The van der Waals surface area contributed by atoms with Gasteiger partial charge in [-0.05, 0) is 123 Å². The summed E-state index contributed by atoms with van der Waals surface area (Å²) in [5.74, 6) is 2.03. The van der Waals surface area contributed by atoms with E-state index in [0.29, 0.717) is 23.3 Å². The molecule has 2 aromatic carbocycles. The van der Waals surface area contributed by atoms with Gasteiger partial charge in [-0.1, -0.05) is 50.0 Å². The first kappa shape index (κ1) is 23.9. The summed E-state index contributed by atoms with van der Waals surface area (Å²) in [6.45, 7) is 0. The molecule has 4 aliphatic carbocycles. The summed E-state index contributed by atoms with van der Waals surface area (Å²) in [7, 11) is 0. The summed E-state index contributed by atoms with van der Waals surface area (Å²) in [5, 5.41) is 23.6. The maximum Gasteiger partial charge on any atom is 0.131 e. The van der Waals surface area contributed by atoms with Crippen molar-refractivity contribution in [3.63, 3.8) is 0 Å². The third kappa shape index (κ3) is 4.64. The molecule has 2 saturated carbocycles. The highest BCUT2D eigenvalue weighted by Crippen LogP contribution is 2.49. The number of phenols is 2. The van der Waals surface area contributed by atoms with Crippen LogP contribution in [-0.2, 0) is 25.7 Å². The van der Waals surface area contributed by atoms with E-state index < -0.39 is 0 Å². The molecule has 0 spiro atoms. The average Bonchev–Trinajstić information content (AvgIpc) is 3.62. The fourth-order valence-electron chi connectivity index (χ4n) is 7.41. The van der Waals surface area contributed by atoms with Gasteiger partial charge in [0.25, 0.3) is 0 Å². The fourth-order valence-corrected chi connectivity index (χ4v) is 7.41. The van der Waals surface area contributed by atoms with Crippen LogP contribution in [0.5, 0.6) is 11.5 Å². The van der Waals surface area contributed by atoms with Crippen LogP contribution in [0.1, 0.15) is 110 Å². The van der Waals surface area contributed by atoms with E-state index in [9.17, 15) is 10.2 Å². The Balaban J connectivity index is 1.51. The Kier molecular flexibility index (Phi) is 6.96. The average molecular weight is 483 g/mol. The quantitative estimate of drug-likeness (QED) is 0.446. The molecule has 190 valence electrons. The molecule has 4 aliphatic rings. The molecule has 0 bridgehead atoms. The standard InChI is InChI=1S/C34H42O2/c35-33-27(19-17-23-9-1-2-10-23)21-25-13-5-7-15-29(25)31(33)32-30-16-8-6-14-26(30)22-28(34(32)36)20-18-24-11-3-4-12-24/h17-24,35-36H,1-16H2/b19-17+,20-18+. The van der Waals surface area contributed by atoms with E-state index in [4.69, 9.17) is 0 Å². The second-order valence-electron chi connectivity index (χ2n) is 11.9. The van der Waals surface area contributed by atoms with Crippen LogP contribution in [0, 0.1) is 11.8 Å². The van der Waals surface area contributed by atoms with Crippen molar-refractivity contribution in [2.24, 2.45) is 11.8 Å². The largest absolute Gasteiger partial charge is 0.507 e. The summed E-state index contributed by atoms with van der Waals surface area (Å²) < 4.78 is 0. The van der Waals surface area contributed by atoms with Crippen molar-refractivity contribution in [2.45, 2.75) is 103 Å². The Hall–Kier alpha value is -2.48. The highest BCUT2D eigenvalue weighted by atomic mass is 16.3. The second kappa shape index (κ2) is 10.5. The Morgan fingerprint density at radius 2 is 0.917 bits per heavy atom. The SMILES string of the molecule is Oc1c(/C=C/C2CCCC2)cc2c(c1-c1c(O)c(/C=C/C3CCCC3)cc3c1CCCC3)CCCC2. The van der Waals surface area contributed by atoms with Crippen LogP contribution in [0.2, 0.25) is 0 Å². The van der Waals surface area contributed by atoms with E-state index in [2.05, 4.69) is 36.4 Å². The zero-order chi connectivity index (χ0) is 24.5. The van der Waals surface area contributed by atoms with E-state index in [1.807, 2.05) is 0 Å². The molecular formula is C34H42O2. The first-order chi connectivity index (χ1) is 17.7. The number of aromatic hydroxyl groups is 2. The highest BCUT2D eigenvalue weighted by Gasteiger charge is 2.28. The number of benzene rings is 2. The molecule has 2 aromatic rings. The molecule has 36 heavy (non-hydrogen) atoms. The zero-order valence-corrected chi connectivity index (χ0v) is 21.8. The minimum Gasteiger partial charge on any atom is -0.507 e. The van der Waals surface area contributed by atoms with Crippen molar-refractivity contribution >= 4 is 12.2 Å². The summed E-state index contributed by atoms with van der Waals surface area (Å²) in [6, 6.07) is 4.48. The molecule has 2 nitrogen and oxygen atoms in total. The van der Waals surface area contributed by atoms with Crippen LogP contribution in [0.4, 0.5) is 0 Å². The van der Waals surface area contributed by atoms with Gasteiger partial charge in [0.2, 0.25) is 0 Å². The van der Waals surface area contributed by atoms with Crippen molar-refractivity contribution in [1.29, 1.82) is 0 Å². The van der Waals surface area contributed by atoms with Crippen LogP contribution < -0.4 is 0 Å². The first-order valence-corrected chi connectivity index (χ1v) is 14.8. The molecular weight excluding hydrogens is 440 g/mol. The number of rotatable bonds is 5. The number of hydrogen-bond acceptors (Lipinski definition) is 2. The lowest BCUT2D eigenvalue weighted by Crippen LogP contribution is -2.10. The molecule has 0 unspecified atom stereocenters. The molecule has 2 N–H and O–H groups in total. The van der Waals surface area contributed by atoms with Crippen molar-refractivity contribution in [3.8, 4) is 22.6 Å². The third-order valence-corrected chi connectivity index (χ3v) is 9.45. The Morgan fingerprint density at radius 1 is 0.528 bits per heavy atom. The Bertz CT molecular complexity index is 1080. The fraction of sp³-hybridized carbons (Fsp3) is 0.529. The van der Waals surface area contributed by atoms with E-state index in [-0.39, 0.29) is 0 Å². The molecule has 0 aliphatic heterocycles. The van der Waals surface area contributed by atoms with E-state index in [1.54, 1.807) is 0 Å². The number of allylic oxidation sites excluding steroid dienone is 2. The summed E-state index contributed by atoms with van der Waals surface area (Å²) >= 11 is 0. The summed E-state index contributed by atoms with van der Waals surface area (Å²) in [6.07, 6.45) is 28.2.